The number of hydrogen-bond acceptors (Lipinski definition) is 5. The van der Waals surface area contributed by atoms with E-state index in [1.165, 1.54) is 0 Å². The van der Waals surface area contributed by atoms with Crippen LogP contribution in [0.25, 0.3) is 0 Å². The Morgan fingerprint density at radius 1 is 1.44 bits per heavy atom. The first-order chi connectivity index (χ1) is 7.63. The van der Waals surface area contributed by atoms with Crippen molar-refractivity contribution in [1.29, 1.82) is 0 Å². The van der Waals surface area contributed by atoms with Crippen LogP contribution in [0.4, 0.5) is 5.82 Å². The van der Waals surface area contributed by atoms with E-state index in [1.54, 1.807) is 6.07 Å². The predicted octanol–water partition coefficient (Wildman–Crippen LogP) is -0.0685. The molecule has 0 amide bonds. The Morgan fingerprint density at radius 2 is 2.12 bits per heavy atom. The number of hydrogen-bond donors (Lipinski definition) is 1. The standard InChI is InChI=1S/C10H16N4OS/c1-8-6-9(11)13-10(12-8)7-14-2-4-16(15)5-3-14/h6H,2-5,7H2,1H3,(H2,11,12,13). The molecule has 1 aliphatic rings. The lowest BCUT2D eigenvalue weighted by Crippen LogP contribution is -2.37. The van der Waals surface area contributed by atoms with Gasteiger partial charge in [-0.05, 0) is 6.92 Å². The highest BCUT2D eigenvalue weighted by Gasteiger charge is 2.16. The lowest BCUT2D eigenvalue weighted by molar-refractivity contribution is 0.284. The second kappa shape index (κ2) is 4.88. The summed E-state index contributed by atoms with van der Waals surface area (Å²) >= 11 is 0. The molecule has 2 rings (SSSR count). The number of anilines is 1. The summed E-state index contributed by atoms with van der Waals surface area (Å²) in [6, 6.07) is 1.76. The molecule has 0 saturated carbocycles. The number of rotatable bonds is 2. The van der Waals surface area contributed by atoms with Crippen molar-refractivity contribution in [1.82, 2.24) is 14.9 Å². The van der Waals surface area contributed by atoms with Gasteiger partial charge in [-0.25, -0.2) is 9.97 Å². The normalized spacial score (nSPS) is 18.8. The van der Waals surface area contributed by atoms with Crippen LogP contribution in [0.1, 0.15) is 11.5 Å². The Hall–Kier alpha value is -1.01. The Morgan fingerprint density at radius 3 is 2.75 bits per heavy atom. The molecule has 88 valence electrons. The first kappa shape index (κ1) is 11.5. The van der Waals surface area contributed by atoms with Gasteiger partial charge in [-0.2, -0.15) is 0 Å². The van der Waals surface area contributed by atoms with Gasteiger partial charge in [0.15, 0.2) is 0 Å². The molecule has 0 radical (unpaired) electrons. The number of aromatic nitrogens is 2. The molecule has 5 nitrogen and oxygen atoms in total. The van der Waals surface area contributed by atoms with Gasteiger partial charge >= 0.3 is 0 Å². The summed E-state index contributed by atoms with van der Waals surface area (Å²) in [5.41, 5.74) is 6.56. The third-order valence-corrected chi connectivity index (χ3v) is 3.83. The average molecular weight is 240 g/mol. The molecule has 0 aliphatic carbocycles. The van der Waals surface area contributed by atoms with E-state index in [2.05, 4.69) is 14.9 Å². The summed E-state index contributed by atoms with van der Waals surface area (Å²) in [6.45, 7) is 4.31. The minimum absolute atomic E-state index is 0.517. The first-order valence-electron chi connectivity index (χ1n) is 5.31. The highest BCUT2D eigenvalue weighted by molar-refractivity contribution is 7.85. The van der Waals surface area contributed by atoms with E-state index in [4.69, 9.17) is 5.73 Å². The fourth-order valence-corrected chi connectivity index (χ4v) is 2.89. The summed E-state index contributed by atoms with van der Waals surface area (Å²) in [6.07, 6.45) is 0. The third-order valence-electron chi connectivity index (χ3n) is 2.56. The van der Waals surface area contributed by atoms with Crippen LogP contribution in [0.15, 0.2) is 6.07 Å². The Balaban J connectivity index is 2.00. The Labute approximate surface area is 97.5 Å². The molecule has 1 saturated heterocycles. The van der Waals surface area contributed by atoms with Gasteiger partial charge in [0.1, 0.15) is 11.6 Å². The van der Waals surface area contributed by atoms with Crippen LogP contribution in [-0.4, -0.2) is 43.7 Å². The SMILES string of the molecule is Cc1cc(N)nc(CN2CCS(=O)CC2)n1. The average Bonchev–Trinajstić information content (AvgIpc) is 2.20. The molecule has 2 N–H and O–H groups in total. The largest absolute Gasteiger partial charge is 0.384 e. The molecule has 0 unspecified atom stereocenters. The minimum atomic E-state index is -0.635. The van der Waals surface area contributed by atoms with Gasteiger partial charge in [-0.1, -0.05) is 0 Å². The second-order valence-electron chi connectivity index (χ2n) is 3.97. The van der Waals surface area contributed by atoms with Crippen LogP contribution >= 0.6 is 0 Å². The highest BCUT2D eigenvalue weighted by atomic mass is 32.2. The molecule has 1 fully saturated rings. The number of nitrogens with two attached hydrogens (primary N) is 1. The van der Waals surface area contributed by atoms with Gasteiger partial charge in [-0.3, -0.25) is 9.11 Å². The topological polar surface area (TPSA) is 72.1 Å². The van der Waals surface area contributed by atoms with E-state index in [9.17, 15) is 4.21 Å². The van der Waals surface area contributed by atoms with Crippen LogP contribution in [0, 0.1) is 6.92 Å². The summed E-state index contributed by atoms with van der Waals surface area (Å²) < 4.78 is 11.2. The zero-order valence-corrected chi connectivity index (χ0v) is 10.2. The second-order valence-corrected chi connectivity index (χ2v) is 5.67. The number of nitrogen functional groups attached to an aromatic ring is 1. The Bertz CT molecular complexity index is 380. The lowest BCUT2D eigenvalue weighted by atomic mass is 10.4. The van der Waals surface area contributed by atoms with Gasteiger partial charge in [0.05, 0.1) is 6.54 Å². The van der Waals surface area contributed by atoms with Crippen molar-refractivity contribution in [3.8, 4) is 0 Å². The van der Waals surface area contributed by atoms with Crippen LogP contribution in [0.5, 0.6) is 0 Å². The highest BCUT2D eigenvalue weighted by Crippen LogP contribution is 2.07. The summed E-state index contributed by atoms with van der Waals surface area (Å²) in [5, 5.41) is 0. The molecule has 2 heterocycles. The van der Waals surface area contributed by atoms with Gasteiger partial charge in [0.2, 0.25) is 0 Å². The molecular formula is C10H16N4OS. The molecular weight excluding hydrogens is 224 g/mol. The maximum Gasteiger partial charge on any atom is 0.144 e. The van der Waals surface area contributed by atoms with E-state index in [-0.39, 0.29) is 0 Å². The zero-order valence-electron chi connectivity index (χ0n) is 9.35. The van der Waals surface area contributed by atoms with Gasteiger partial charge in [0.25, 0.3) is 0 Å². The summed E-state index contributed by atoms with van der Waals surface area (Å²) in [7, 11) is -0.635. The van der Waals surface area contributed by atoms with Gasteiger partial charge in [0, 0.05) is 47.2 Å². The van der Waals surface area contributed by atoms with Crippen LogP contribution in [0.2, 0.25) is 0 Å². The van der Waals surface area contributed by atoms with E-state index in [0.717, 1.165) is 36.1 Å². The van der Waals surface area contributed by atoms with Crippen molar-refractivity contribution in [3.05, 3.63) is 17.6 Å². The molecule has 6 heteroatoms. The molecule has 0 aromatic carbocycles. The number of aryl methyl sites for hydroxylation is 1. The minimum Gasteiger partial charge on any atom is -0.384 e. The van der Waals surface area contributed by atoms with Crippen molar-refractivity contribution < 1.29 is 4.21 Å². The van der Waals surface area contributed by atoms with Crippen LogP contribution in [0.3, 0.4) is 0 Å². The van der Waals surface area contributed by atoms with Crippen molar-refractivity contribution in [2.45, 2.75) is 13.5 Å². The lowest BCUT2D eigenvalue weighted by Gasteiger charge is -2.25. The van der Waals surface area contributed by atoms with Crippen molar-refractivity contribution in [2.75, 3.05) is 30.3 Å². The summed E-state index contributed by atoms with van der Waals surface area (Å²) in [5.74, 6) is 2.77. The van der Waals surface area contributed by atoms with E-state index < -0.39 is 10.8 Å². The maximum atomic E-state index is 11.2. The van der Waals surface area contributed by atoms with E-state index in [0.29, 0.717) is 12.4 Å². The maximum absolute atomic E-state index is 11.2. The molecule has 0 atom stereocenters. The molecule has 1 aromatic heterocycles. The van der Waals surface area contributed by atoms with Gasteiger partial charge in [-0.15, -0.1) is 0 Å². The Kier molecular flexibility index (Phi) is 3.50. The van der Waals surface area contributed by atoms with Crippen molar-refractivity contribution in [3.63, 3.8) is 0 Å². The fraction of sp³-hybridized carbons (Fsp3) is 0.600. The molecule has 1 aliphatic heterocycles. The van der Waals surface area contributed by atoms with E-state index >= 15 is 0 Å². The van der Waals surface area contributed by atoms with Crippen molar-refractivity contribution >= 4 is 16.6 Å². The van der Waals surface area contributed by atoms with E-state index in [1.807, 2.05) is 6.92 Å². The predicted molar refractivity (Wildman–Crippen MR) is 64.3 cm³/mol. The molecule has 1 aromatic rings. The van der Waals surface area contributed by atoms with Gasteiger partial charge < -0.3 is 5.73 Å². The molecule has 16 heavy (non-hydrogen) atoms. The monoisotopic (exact) mass is 240 g/mol. The van der Waals surface area contributed by atoms with Crippen LogP contribution < -0.4 is 5.73 Å². The third kappa shape index (κ3) is 2.99. The summed E-state index contributed by atoms with van der Waals surface area (Å²) in [4.78, 5) is 10.8. The van der Waals surface area contributed by atoms with Crippen molar-refractivity contribution in [2.24, 2.45) is 0 Å². The first-order valence-corrected chi connectivity index (χ1v) is 6.79. The smallest absolute Gasteiger partial charge is 0.144 e. The molecule has 0 spiro atoms. The fourth-order valence-electron chi connectivity index (χ4n) is 1.76. The van der Waals surface area contributed by atoms with Crippen LogP contribution in [-0.2, 0) is 17.3 Å². The quantitative estimate of drug-likeness (QED) is 0.783. The molecule has 0 bridgehead atoms. The number of nitrogens with zero attached hydrogens (tertiary/aromatic N) is 3. The zero-order chi connectivity index (χ0) is 11.5.